The minimum atomic E-state index is -3.50. The molecular weight excluding hydrogens is 278 g/mol. The number of aryl methyl sites for hydroxylation is 1. The van der Waals surface area contributed by atoms with Gasteiger partial charge < -0.3 is 15.1 Å². The molecule has 1 saturated heterocycles. The zero-order valence-electron chi connectivity index (χ0n) is 12.3. The summed E-state index contributed by atoms with van der Waals surface area (Å²) >= 11 is 0. The molecule has 0 radical (unpaired) electrons. The van der Waals surface area contributed by atoms with Crippen molar-refractivity contribution in [3.05, 3.63) is 17.6 Å². The number of nitrogens with two attached hydrogens (primary N) is 1. The first-order chi connectivity index (χ1) is 9.36. The number of sulfonamides is 1. The summed E-state index contributed by atoms with van der Waals surface area (Å²) in [7, 11) is 0.418. The van der Waals surface area contributed by atoms with Crippen LogP contribution in [0.25, 0.3) is 0 Å². The van der Waals surface area contributed by atoms with E-state index in [0.717, 1.165) is 19.4 Å². The van der Waals surface area contributed by atoms with E-state index in [4.69, 9.17) is 10.2 Å². The SMILES string of the molecule is Cc1oc(CN)cc1S(=O)(=O)N1CCCC1CN(C)C. The first-order valence-electron chi connectivity index (χ1n) is 6.82. The van der Waals surface area contributed by atoms with Gasteiger partial charge in [0, 0.05) is 25.2 Å². The molecule has 1 aliphatic heterocycles. The van der Waals surface area contributed by atoms with Gasteiger partial charge in [0.05, 0.1) is 6.54 Å². The normalized spacial score (nSPS) is 20.9. The zero-order chi connectivity index (χ0) is 14.9. The Morgan fingerprint density at radius 2 is 2.20 bits per heavy atom. The van der Waals surface area contributed by atoms with Crippen LogP contribution in [0.2, 0.25) is 0 Å². The summed E-state index contributed by atoms with van der Waals surface area (Å²) < 4.78 is 32.6. The van der Waals surface area contributed by atoms with Gasteiger partial charge in [-0.3, -0.25) is 0 Å². The van der Waals surface area contributed by atoms with E-state index in [1.165, 1.54) is 0 Å². The highest BCUT2D eigenvalue weighted by Gasteiger charge is 2.37. The van der Waals surface area contributed by atoms with Gasteiger partial charge >= 0.3 is 0 Å². The maximum Gasteiger partial charge on any atom is 0.246 e. The highest BCUT2D eigenvalue weighted by molar-refractivity contribution is 7.89. The van der Waals surface area contributed by atoms with Crippen LogP contribution in [-0.4, -0.2) is 50.8 Å². The summed E-state index contributed by atoms with van der Waals surface area (Å²) in [6, 6.07) is 1.58. The first kappa shape index (κ1) is 15.5. The lowest BCUT2D eigenvalue weighted by Crippen LogP contribution is -2.41. The van der Waals surface area contributed by atoms with Gasteiger partial charge in [-0.05, 0) is 33.9 Å². The highest BCUT2D eigenvalue weighted by Crippen LogP contribution is 2.29. The second-order valence-corrected chi connectivity index (χ2v) is 7.37. The number of furan rings is 1. The summed E-state index contributed by atoms with van der Waals surface area (Å²) in [5.41, 5.74) is 5.51. The Morgan fingerprint density at radius 3 is 2.75 bits per heavy atom. The number of likely N-dealkylation sites (N-methyl/N-ethyl adjacent to an activating group) is 1. The average molecular weight is 301 g/mol. The van der Waals surface area contributed by atoms with Crippen LogP contribution in [0.4, 0.5) is 0 Å². The smallest absolute Gasteiger partial charge is 0.246 e. The van der Waals surface area contributed by atoms with Crippen LogP contribution in [0.5, 0.6) is 0 Å². The van der Waals surface area contributed by atoms with Gasteiger partial charge in [0.2, 0.25) is 10.0 Å². The molecule has 0 bridgehead atoms. The molecule has 0 amide bonds. The summed E-state index contributed by atoms with van der Waals surface area (Å²) in [5.74, 6) is 0.922. The summed E-state index contributed by atoms with van der Waals surface area (Å²) in [6.45, 7) is 3.18. The molecule has 7 heteroatoms. The van der Waals surface area contributed by atoms with Crippen LogP contribution in [0.3, 0.4) is 0 Å². The first-order valence-corrected chi connectivity index (χ1v) is 8.26. The lowest BCUT2D eigenvalue weighted by molar-refractivity contribution is 0.291. The molecule has 114 valence electrons. The maximum atomic E-state index is 12.8. The van der Waals surface area contributed by atoms with Gasteiger partial charge in [-0.25, -0.2) is 8.42 Å². The molecule has 0 aromatic carbocycles. The molecule has 2 N–H and O–H groups in total. The Morgan fingerprint density at radius 1 is 1.50 bits per heavy atom. The maximum absolute atomic E-state index is 12.8. The lowest BCUT2D eigenvalue weighted by atomic mass is 10.2. The molecule has 1 unspecified atom stereocenters. The van der Waals surface area contributed by atoms with E-state index in [-0.39, 0.29) is 17.5 Å². The van der Waals surface area contributed by atoms with Crippen molar-refractivity contribution >= 4 is 10.0 Å². The van der Waals surface area contributed by atoms with Crippen LogP contribution in [0.1, 0.15) is 24.4 Å². The van der Waals surface area contributed by atoms with E-state index < -0.39 is 10.0 Å². The summed E-state index contributed by atoms with van der Waals surface area (Å²) in [4.78, 5) is 2.27. The van der Waals surface area contributed by atoms with E-state index in [9.17, 15) is 8.42 Å². The van der Waals surface area contributed by atoms with E-state index in [0.29, 0.717) is 18.1 Å². The number of rotatable bonds is 5. The molecule has 20 heavy (non-hydrogen) atoms. The monoisotopic (exact) mass is 301 g/mol. The molecule has 1 aromatic heterocycles. The van der Waals surface area contributed by atoms with Crippen molar-refractivity contribution in [3.63, 3.8) is 0 Å². The minimum absolute atomic E-state index is 0.0330. The van der Waals surface area contributed by atoms with Crippen molar-refractivity contribution in [1.29, 1.82) is 0 Å². The Balaban J connectivity index is 2.31. The minimum Gasteiger partial charge on any atom is -0.464 e. The largest absolute Gasteiger partial charge is 0.464 e. The average Bonchev–Trinajstić information content (AvgIpc) is 2.95. The number of hydrogen-bond donors (Lipinski definition) is 1. The quantitative estimate of drug-likeness (QED) is 0.868. The molecule has 1 fully saturated rings. The van der Waals surface area contributed by atoms with Crippen LogP contribution >= 0.6 is 0 Å². The molecule has 6 nitrogen and oxygen atoms in total. The third kappa shape index (κ3) is 2.90. The van der Waals surface area contributed by atoms with Crippen molar-refractivity contribution in [2.45, 2.75) is 37.2 Å². The predicted octanol–water partition coefficient (Wildman–Crippen LogP) is 0.761. The van der Waals surface area contributed by atoms with E-state index in [1.807, 2.05) is 19.0 Å². The van der Waals surface area contributed by atoms with Gasteiger partial charge in [0.1, 0.15) is 16.4 Å². The standard InChI is InChI=1S/C13H23N3O3S/c1-10-13(7-12(8-14)19-10)20(17,18)16-6-4-5-11(16)9-15(2)3/h7,11H,4-6,8-9,14H2,1-3H3. The van der Waals surface area contributed by atoms with Gasteiger partial charge in [0.15, 0.2) is 0 Å². The van der Waals surface area contributed by atoms with Crippen LogP contribution < -0.4 is 5.73 Å². The van der Waals surface area contributed by atoms with Gasteiger partial charge in [0.25, 0.3) is 0 Å². The van der Waals surface area contributed by atoms with Crippen LogP contribution in [0.15, 0.2) is 15.4 Å². The van der Waals surface area contributed by atoms with Gasteiger partial charge in [-0.1, -0.05) is 0 Å². The molecule has 0 spiro atoms. The second-order valence-electron chi connectivity index (χ2n) is 5.51. The van der Waals surface area contributed by atoms with E-state index in [1.54, 1.807) is 17.3 Å². The van der Waals surface area contributed by atoms with Crippen molar-refractivity contribution < 1.29 is 12.8 Å². The van der Waals surface area contributed by atoms with Crippen molar-refractivity contribution in [1.82, 2.24) is 9.21 Å². The molecule has 0 saturated carbocycles. The van der Waals surface area contributed by atoms with Crippen LogP contribution in [0, 0.1) is 6.92 Å². The van der Waals surface area contributed by atoms with Gasteiger partial charge in [-0.2, -0.15) is 4.31 Å². The molecule has 2 rings (SSSR count). The van der Waals surface area contributed by atoms with Crippen molar-refractivity contribution in [3.8, 4) is 0 Å². The fourth-order valence-corrected chi connectivity index (χ4v) is 4.61. The Kier molecular flexibility index (Phi) is 4.53. The third-order valence-corrected chi connectivity index (χ3v) is 5.67. The Hall–Kier alpha value is -0.890. The fourth-order valence-electron chi connectivity index (χ4n) is 2.74. The highest BCUT2D eigenvalue weighted by atomic mass is 32.2. The number of hydrogen-bond acceptors (Lipinski definition) is 5. The van der Waals surface area contributed by atoms with Crippen molar-refractivity contribution in [2.24, 2.45) is 5.73 Å². The Labute approximate surface area is 120 Å². The number of nitrogens with zero attached hydrogens (tertiary/aromatic N) is 2. The lowest BCUT2D eigenvalue weighted by Gasteiger charge is -2.26. The van der Waals surface area contributed by atoms with Crippen LogP contribution in [-0.2, 0) is 16.6 Å². The molecule has 1 aliphatic rings. The van der Waals surface area contributed by atoms with E-state index in [2.05, 4.69) is 0 Å². The topological polar surface area (TPSA) is 79.8 Å². The Bertz CT molecular complexity index is 565. The van der Waals surface area contributed by atoms with Crippen molar-refractivity contribution in [2.75, 3.05) is 27.2 Å². The zero-order valence-corrected chi connectivity index (χ0v) is 13.1. The fraction of sp³-hybridized carbons (Fsp3) is 0.692. The molecule has 0 aliphatic carbocycles. The second kappa shape index (κ2) is 5.85. The molecule has 1 atom stereocenters. The predicted molar refractivity (Wildman–Crippen MR) is 76.8 cm³/mol. The third-order valence-electron chi connectivity index (χ3n) is 3.61. The summed E-state index contributed by atoms with van der Waals surface area (Å²) in [6.07, 6.45) is 1.80. The molecule has 1 aromatic rings. The molecule has 2 heterocycles. The van der Waals surface area contributed by atoms with Gasteiger partial charge in [-0.15, -0.1) is 0 Å². The van der Waals surface area contributed by atoms with E-state index >= 15 is 0 Å². The summed E-state index contributed by atoms with van der Waals surface area (Å²) in [5, 5.41) is 0. The molecular formula is C13H23N3O3S.